The number of hydrogen-bond acceptors (Lipinski definition) is 3. The number of carbonyl (C=O) groups excluding carboxylic acids is 1. The van der Waals surface area contributed by atoms with Gasteiger partial charge in [0, 0.05) is 28.1 Å². The van der Waals surface area contributed by atoms with E-state index >= 15 is 0 Å². The Bertz CT molecular complexity index is 1710. The number of alkyl halides is 3. The van der Waals surface area contributed by atoms with Crippen LogP contribution in [0.5, 0.6) is 0 Å². The van der Waals surface area contributed by atoms with Crippen molar-refractivity contribution in [3.05, 3.63) is 107 Å². The molecule has 0 aliphatic carbocycles. The summed E-state index contributed by atoms with van der Waals surface area (Å²) in [6.07, 6.45) is -1.44. The summed E-state index contributed by atoms with van der Waals surface area (Å²) in [6.45, 7) is 7.13. The first-order chi connectivity index (χ1) is 17.7. The minimum atomic E-state index is -4.83. The molecule has 2 heterocycles. The molecule has 0 bridgehead atoms. The van der Waals surface area contributed by atoms with Gasteiger partial charge in [0.05, 0.1) is 17.8 Å². The van der Waals surface area contributed by atoms with Crippen molar-refractivity contribution in [2.45, 2.75) is 11.1 Å². The normalized spacial score (nSPS) is 11.6. The van der Waals surface area contributed by atoms with Crippen molar-refractivity contribution < 1.29 is 22.4 Å². The molecule has 0 spiro atoms. The number of carbonyl (C=O) groups is 1. The van der Waals surface area contributed by atoms with Crippen LogP contribution < -0.4 is 0 Å². The van der Waals surface area contributed by atoms with E-state index in [-0.39, 0.29) is 16.9 Å². The minimum absolute atomic E-state index is 0.0426. The van der Waals surface area contributed by atoms with Crippen molar-refractivity contribution in [1.29, 1.82) is 0 Å². The molecule has 0 amide bonds. The highest BCUT2D eigenvalue weighted by Gasteiger charge is 2.36. The molecule has 10 heteroatoms. The summed E-state index contributed by atoms with van der Waals surface area (Å²) in [7, 11) is 0. The molecular weight excluding hydrogens is 504 g/mol. The third-order valence-corrected chi connectivity index (χ3v) is 6.67. The average Bonchev–Trinajstić information content (AvgIpc) is 3.54. The summed E-state index contributed by atoms with van der Waals surface area (Å²) in [5, 5.41) is 4.16. The van der Waals surface area contributed by atoms with Gasteiger partial charge in [-0.1, -0.05) is 30.3 Å². The highest BCUT2D eigenvalue weighted by atomic mass is 32.2. The molecule has 5 rings (SSSR count). The minimum Gasteiger partial charge on any atom is -0.360 e. The van der Waals surface area contributed by atoms with Crippen LogP contribution in [-0.4, -0.2) is 26.8 Å². The molecule has 184 valence electrons. The van der Waals surface area contributed by atoms with E-state index in [0.717, 1.165) is 32.8 Å². The molecule has 0 aliphatic rings. The molecule has 5 aromatic rings. The van der Waals surface area contributed by atoms with Crippen LogP contribution in [-0.2, 0) is 6.18 Å². The summed E-state index contributed by atoms with van der Waals surface area (Å²) in [6, 6.07) is 16.9. The van der Waals surface area contributed by atoms with E-state index in [1.54, 1.807) is 6.07 Å². The second kappa shape index (κ2) is 9.26. The van der Waals surface area contributed by atoms with Crippen molar-refractivity contribution in [2.75, 3.05) is 6.26 Å². The third kappa shape index (κ3) is 4.27. The van der Waals surface area contributed by atoms with Crippen LogP contribution >= 0.6 is 11.8 Å². The van der Waals surface area contributed by atoms with Gasteiger partial charge in [0.1, 0.15) is 11.5 Å². The van der Waals surface area contributed by atoms with E-state index in [9.17, 15) is 22.4 Å². The van der Waals surface area contributed by atoms with E-state index in [1.165, 1.54) is 24.0 Å². The van der Waals surface area contributed by atoms with Crippen molar-refractivity contribution in [3.63, 3.8) is 0 Å². The predicted octanol–water partition coefficient (Wildman–Crippen LogP) is 7.68. The van der Waals surface area contributed by atoms with Crippen LogP contribution in [0.3, 0.4) is 0 Å². The van der Waals surface area contributed by atoms with E-state index in [2.05, 4.69) is 14.9 Å². The summed E-state index contributed by atoms with van der Waals surface area (Å²) in [4.78, 5) is 20.9. The predicted molar refractivity (Wildman–Crippen MR) is 134 cm³/mol. The standard InChI is InChI=1S/C27H16F4N4OS/c1-32-21-12-15(10-11-19(21)28)35-22(13-24(34-35)27(29,30)31)26(36)18-14-33-20-8-5-7-17(25(18)20)16-6-3-4-9-23(16)37-2/h3-14,33H,2H3. The molecule has 1 N–H and O–H groups in total. The molecule has 0 radical (unpaired) electrons. The van der Waals surface area contributed by atoms with E-state index in [0.29, 0.717) is 17.0 Å². The number of aromatic amines is 1. The highest BCUT2D eigenvalue weighted by molar-refractivity contribution is 7.98. The average molecular weight is 521 g/mol. The van der Waals surface area contributed by atoms with Crippen LogP contribution in [0.15, 0.2) is 77.8 Å². The zero-order valence-electron chi connectivity index (χ0n) is 19.1. The molecule has 37 heavy (non-hydrogen) atoms. The molecule has 0 atom stereocenters. The number of nitrogens with zero attached hydrogens (tertiary/aromatic N) is 3. The van der Waals surface area contributed by atoms with Gasteiger partial charge < -0.3 is 4.98 Å². The molecular formula is C27H16F4N4OS. The maximum atomic E-state index is 13.9. The SMILES string of the molecule is [C-]#[N+]c1cc(-n2nc(C(F)(F)F)cc2C(=O)c2c[nH]c3cccc(-c4ccccc4SC)c23)ccc1F. The Balaban J connectivity index is 1.73. The van der Waals surface area contributed by atoms with Gasteiger partial charge in [0.25, 0.3) is 0 Å². The fourth-order valence-electron chi connectivity index (χ4n) is 4.19. The van der Waals surface area contributed by atoms with E-state index in [1.807, 2.05) is 42.7 Å². The first-order valence-corrected chi connectivity index (χ1v) is 12.1. The van der Waals surface area contributed by atoms with Gasteiger partial charge in [0.2, 0.25) is 11.5 Å². The number of ketones is 1. The summed E-state index contributed by atoms with van der Waals surface area (Å²) < 4.78 is 55.6. The lowest BCUT2D eigenvalue weighted by Gasteiger charge is -2.11. The molecule has 0 unspecified atom stereocenters. The van der Waals surface area contributed by atoms with Crippen molar-refractivity contribution in [1.82, 2.24) is 14.8 Å². The topological polar surface area (TPSA) is 55.0 Å². The zero-order valence-corrected chi connectivity index (χ0v) is 19.9. The number of rotatable bonds is 5. The maximum Gasteiger partial charge on any atom is 0.435 e. The number of thioether (sulfide) groups is 1. The largest absolute Gasteiger partial charge is 0.435 e. The van der Waals surface area contributed by atoms with Crippen molar-refractivity contribution in [3.8, 4) is 16.8 Å². The first kappa shape index (κ1) is 24.3. The van der Waals surface area contributed by atoms with E-state index in [4.69, 9.17) is 6.57 Å². The van der Waals surface area contributed by atoms with Crippen LogP contribution in [0.2, 0.25) is 0 Å². The van der Waals surface area contributed by atoms with Gasteiger partial charge in [-0.2, -0.15) is 18.3 Å². The Morgan fingerprint density at radius 2 is 1.81 bits per heavy atom. The van der Waals surface area contributed by atoms with Crippen molar-refractivity contribution >= 4 is 34.1 Å². The zero-order chi connectivity index (χ0) is 26.3. The Hall–Kier alpha value is -4.36. The Kier molecular flexibility index (Phi) is 6.09. The van der Waals surface area contributed by atoms with Gasteiger partial charge in [-0.25, -0.2) is 13.9 Å². The Labute approximate surface area is 212 Å². The van der Waals surface area contributed by atoms with Crippen LogP contribution in [0.1, 0.15) is 21.7 Å². The fraction of sp³-hybridized carbons (Fsp3) is 0.0741. The number of benzene rings is 3. The quantitative estimate of drug-likeness (QED) is 0.112. The van der Waals surface area contributed by atoms with Crippen molar-refractivity contribution in [2.24, 2.45) is 0 Å². The Morgan fingerprint density at radius 3 is 2.54 bits per heavy atom. The second-order valence-electron chi connectivity index (χ2n) is 8.03. The number of nitrogens with one attached hydrogen (secondary N) is 1. The van der Waals surface area contributed by atoms with Gasteiger partial charge in [-0.05, 0) is 47.7 Å². The molecule has 5 nitrogen and oxygen atoms in total. The molecule has 0 saturated carbocycles. The molecule has 3 aromatic carbocycles. The van der Waals surface area contributed by atoms with Gasteiger partial charge in [0.15, 0.2) is 5.69 Å². The lowest BCUT2D eigenvalue weighted by molar-refractivity contribution is -0.141. The lowest BCUT2D eigenvalue weighted by atomic mass is 9.97. The smallest absolute Gasteiger partial charge is 0.360 e. The summed E-state index contributed by atoms with van der Waals surface area (Å²) in [5.74, 6) is -1.54. The molecule has 2 aromatic heterocycles. The second-order valence-corrected chi connectivity index (χ2v) is 8.88. The molecule has 0 aliphatic heterocycles. The van der Waals surface area contributed by atoms with Gasteiger partial charge in [-0.15, -0.1) is 11.8 Å². The first-order valence-electron chi connectivity index (χ1n) is 10.9. The highest BCUT2D eigenvalue weighted by Crippen LogP contribution is 2.38. The lowest BCUT2D eigenvalue weighted by Crippen LogP contribution is -2.10. The number of H-pyrrole nitrogens is 1. The molecule has 0 fully saturated rings. The van der Waals surface area contributed by atoms with Crippen LogP contribution in [0, 0.1) is 12.4 Å². The summed E-state index contributed by atoms with van der Waals surface area (Å²) >= 11 is 1.53. The third-order valence-electron chi connectivity index (χ3n) is 5.87. The number of fused-ring (bicyclic) bond motifs is 1. The summed E-state index contributed by atoms with van der Waals surface area (Å²) in [5.41, 5.74) is 0.313. The van der Waals surface area contributed by atoms with Crippen LogP contribution in [0.25, 0.3) is 32.6 Å². The van der Waals surface area contributed by atoms with Gasteiger partial charge >= 0.3 is 6.18 Å². The number of hydrogen-bond donors (Lipinski definition) is 1. The van der Waals surface area contributed by atoms with E-state index < -0.39 is 29.2 Å². The number of aromatic nitrogens is 3. The van der Waals surface area contributed by atoms with Gasteiger partial charge in [-0.3, -0.25) is 4.79 Å². The Morgan fingerprint density at radius 1 is 1.05 bits per heavy atom. The molecule has 0 saturated heterocycles. The monoisotopic (exact) mass is 520 g/mol. The maximum absolute atomic E-state index is 13.9. The fourth-order valence-corrected chi connectivity index (χ4v) is 4.80. The number of halogens is 4. The van der Waals surface area contributed by atoms with Crippen LogP contribution in [0.4, 0.5) is 23.2 Å².